The summed E-state index contributed by atoms with van der Waals surface area (Å²) in [5.74, 6) is 0. The van der Waals surface area contributed by atoms with Gasteiger partial charge in [0.1, 0.15) is 4.90 Å². The number of ether oxygens (including phenoxy) is 1. The maximum absolute atomic E-state index is 12.3. The quantitative estimate of drug-likeness (QED) is 0.735. The number of rotatable bonds is 3. The van der Waals surface area contributed by atoms with Gasteiger partial charge in [0.25, 0.3) is 0 Å². The summed E-state index contributed by atoms with van der Waals surface area (Å²) in [6.07, 6.45) is 1.29. The van der Waals surface area contributed by atoms with Crippen LogP contribution >= 0.6 is 0 Å². The second kappa shape index (κ2) is 4.73. The first kappa shape index (κ1) is 12.5. The van der Waals surface area contributed by atoms with E-state index in [0.717, 1.165) is 0 Å². The predicted octanol–water partition coefficient (Wildman–Crippen LogP) is -0.900. The molecule has 1 aliphatic heterocycles. The molecule has 0 aliphatic carbocycles. The zero-order chi connectivity index (χ0) is 12.5. The minimum atomic E-state index is -3.61. The van der Waals surface area contributed by atoms with Crippen molar-refractivity contribution in [2.24, 2.45) is 0 Å². The van der Waals surface area contributed by atoms with Gasteiger partial charge in [-0.3, -0.25) is 5.10 Å². The fourth-order valence-corrected chi connectivity index (χ4v) is 3.53. The fraction of sp³-hybridized carbons (Fsp3) is 0.667. The normalized spacial score (nSPS) is 22.8. The average Bonchev–Trinajstić information content (AvgIpc) is 2.76. The first-order valence-electron chi connectivity index (χ1n) is 5.28. The summed E-state index contributed by atoms with van der Waals surface area (Å²) < 4.78 is 31.1. The van der Waals surface area contributed by atoms with Gasteiger partial charge < -0.3 is 9.84 Å². The Morgan fingerprint density at radius 2 is 2.47 bits per heavy atom. The molecule has 2 heterocycles. The minimum absolute atomic E-state index is 0.151. The van der Waals surface area contributed by atoms with Crippen molar-refractivity contribution in [1.82, 2.24) is 14.5 Å². The van der Waals surface area contributed by atoms with Crippen molar-refractivity contribution in [3.8, 4) is 0 Å². The second-order valence-electron chi connectivity index (χ2n) is 3.89. The smallest absolute Gasteiger partial charge is 0.246 e. The van der Waals surface area contributed by atoms with E-state index in [1.54, 1.807) is 6.92 Å². The first-order valence-corrected chi connectivity index (χ1v) is 6.72. The summed E-state index contributed by atoms with van der Waals surface area (Å²) in [6, 6.07) is -0.525. The molecule has 96 valence electrons. The van der Waals surface area contributed by atoms with Crippen LogP contribution in [0, 0.1) is 6.92 Å². The number of nitrogens with one attached hydrogen (secondary N) is 1. The maximum Gasteiger partial charge on any atom is 0.246 e. The number of aromatic amines is 1. The van der Waals surface area contributed by atoms with E-state index in [1.165, 1.54) is 10.5 Å². The Bertz CT molecular complexity index is 484. The van der Waals surface area contributed by atoms with Gasteiger partial charge >= 0.3 is 0 Å². The van der Waals surface area contributed by atoms with Gasteiger partial charge in [-0.05, 0) is 6.92 Å². The molecule has 0 amide bonds. The molecule has 0 radical (unpaired) electrons. The molecule has 2 rings (SSSR count). The van der Waals surface area contributed by atoms with Crippen LogP contribution in [0.5, 0.6) is 0 Å². The molecular formula is C9H15N3O4S. The number of aliphatic hydroxyl groups is 1. The van der Waals surface area contributed by atoms with Crippen LogP contribution in [-0.4, -0.2) is 60.4 Å². The Labute approximate surface area is 99.4 Å². The van der Waals surface area contributed by atoms with Crippen molar-refractivity contribution >= 4 is 10.0 Å². The van der Waals surface area contributed by atoms with E-state index in [0.29, 0.717) is 12.3 Å². The number of aliphatic hydroxyl groups excluding tert-OH is 1. The van der Waals surface area contributed by atoms with Crippen molar-refractivity contribution in [3.05, 3.63) is 11.9 Å². The topological polar surface area (TPSA) is 95.5 Å². The second-order valence-corrected chi connectivity index (χ2v) is 5.75. The van der Waals surface area contributed by atoms with E-state index >= 15 is 0 Å². The van der Waals surface area contributed by atoms with Crippen molar-refractivity contribution in [2.75, 3.05) is 26.4 Å². The van der Waals surface area contributed by atoms with E-state index in [1.807, 2.05) is 0 Å². The lowest BCUT2D eigenvalue weighted by Gasteiger charge is -2.33. The lowest BCUT2D eigenvalue weighted by molar-refractivity contribution is 0.0109. The number of sulfonamides is 1. The third-order valence-corrected chi connectivity index (χ3v) is 4.82. The van der Waals surface area contributed by atoms with Crippen molar-refractivity contribution in [1.29, 1.82) is 0 Å². The molecule has 17 heavy (non-hydrogen) atoms. The third kappa shape index (κ3) is 2.21. The van der Waals surface area contributed by atoms with Crippen LogP contribution in [-0.2, 0) is 14.8 Å². The van der Waals surface area contributed by atoms with Crippen LogP contribution in [0.4, 0.5) is 0 Å². The number of morpholine rings is 1. The van der Waals surface area contributed by atoms with Gasteiger partial charge in [0.05, 0.1) is 37.8 Å². The molecule has 0 bridgehead atoms. The molecule has 1 aromatic heterocycles. The molecule has 8 heteroatoms. The van der Waals surface area contributed by atoms with Crippen LogP contribution in [0.1, 0.15) is 5.69 Å². The summed E-state index contributed by atoms with van der Waals surface area (Å²) in [4.78, 5) is 0.151. The molecule has 1 unspecified atom stereocenters. The Balaban J connectivity index is 2.34. The van der Waals surface area contributed by atoms with E-state index in [-0.39, 0.29) is 24.7 Å². The highest BCUT2D eigenvalue weighted by Crippen LogP contribution is 2.21. The van der Waals surface area contributed by atoms with Crippen molar-refractivity contribution < 1.29 is 18.3 Å². The molecule has 7 nitrogen and oxygen atoms in total. The lowest BCUT2D eigenvalue weighted by atomic mass is 10.3. The highest BCUT2D eigenvalue weighted by molar-refractivity contribution is 7.89. The fourth-order valence-electron chi connectivity index (χ4n) is 1.83. The first-order chi connectivity index (χ1) is 8.07. The summed E-state index contributed by atoms with van der Waals surface area (Å²) in [5.41, 5.74) is 0.494. The number of hydrogen-bond donors (Lipinski definition) is 2. The molecule has 1 fully saturated rings. The molecule has 0 saturated carbocycles. The minimum Gasteiger partial charge on any atom is -0.395 e. The van der Waals surface area contributed by atoms with Crippen molar-refractivity contribution in [2.45, 2.75) is 17.9 Å². The average molecular weight is 261 g/mol. The standard InChI is InChI=1S/C9H15N3O4S/c1-7-9(4-10-11-7)17(14,15)12-2-3-16-6-8(12)5-13/h4,8,13H,2-3,5-6H2,1H3,(H,10,11). The van der Waals surface area contributed by atoms with E-state index in [4.69, 9.17) is 4.74 Å². The SMILES string of the molecule is Cc1[nH]ncc1S(=O)(=O)N1CCOCC1CO. The highest BCUT2D eigenvalue weighted by Gasteiger charge is 2.35. The van der Waals surface area contributed by atoms with Crippen LogP contribution < -0.4 is 0 Å². The van der Waals surface area contributed by atoms with Gasteiger partial charge in [0.2, 0.25) is 10.0 Å². The third-order valence-electron chi connectivity index (χ3n) is 2.75. The predicted molar refractivity (Wildman–Crippen MR) is 58.9 cm³/mol. The van der Waals surface area contributed by atoms with Gasteiger partial charge in [-0.25, -0.2) is 8.42 Å². The zero-order valence-electron chi connectivity index (χ0n) is 9.46. The highest BCUT2D eigenvalue weighted by atomic mass is 32.2. The summed E-state index contributed by atoms with van der Waals surface area (Å²) >= 11 is 0. The van der Waals surface area contributed by atoms with Crippen molar-refractivity contribution in [3.63, 3.8) is 0 Å². The molecule has 1 aromatic rings. The molecule has 2 N–H and O–H groups in total. The van der Waals surface area contributed by atoms with Crippen LogP contribution in [0.2, 0.25) is 0 Å². The summed E-state index contributed by atoms with van der Waals surface area (Å²) in [6.45, 7) is 2.20. The lowest BCUT2D eigenvalue weighted by Crippen LogP contribution is -2.50. The number of aryl methyl sites for hydroxylation is 1. The molecule has 1 saturated heterocycles. The monoisotopic (exact) mass is 261 g/mol. The van der Waals surface area contributed by atoms with E-state index in [2.05, 4.69) is 10.2 Å². The maximum atomic E-state index is 12.3. The Morgan fingerprint density at radius 1 is 1.71 bits per heavy atom. The summed E-state index contributed by atoms with van der Waals surface area (Å²) in [5, 5.41) is 15.5. The number of hydrogen-bond acceptors (Lipinski definition) is 5. The summed E-state index contributed by atoms with van der Waals surface area (Å²) in [7, 11) is -3.61. The van der Waals surface area contributed by atoms with Crippen LogP contribution in [0.15, 0.2) is 11.1 Å². The van der Waals surface area contributed by atoms with Crippen LogP contribution in [0.25, 0.3) is 0 Å². The largest absolute Gasteiger partial charge is 0.395 e. The van der Waals surface area contributed by atoms with E-state index < -0.39 is 16.1 Å². The Hall–Kier alpha value is -0.960. The molecule has 1 aliphatic rings. The zero-order valence-corrected chi connectivity index (χ0v) is 10.3. The Morgan fingerprint density at radius 3 is 3.06 bits per heavy atom. The number of aromatic nitrogens is 2. The molecule has 0 aromatic carbocycles. The van der Waals surface area contributed by atoms with Crippen LogP contribution in [0.3, 0.4) is 0 Å². The molecular weight excluding hydrogens is 246 g/mol. The number of nitrogens with zero attached hydrogens (tertiary/aromatic N) is 2. The Kier molecular flexibility index (Phi) is 3.48. The van der Waals surface area contributed by atoms with Gasteiger partial charge in [0.15, 0.2) is 0 Å². The van der Waals surface area contributed by atoms with Gasteiger partial charge in [-0.15, -0.1) is 0 Å². The van der Waals surface area contributed by atoms with E-state index in [9.17, 15) is 13.5 Å². The van der Waals surface area contributed by atoms with Gasteiger partial charge in [0, 0.05) is 6.54 Å². The molecule has 0 spiro atoms. The van der Waals surface area contributed by atoms with Gasteiger partial charge in [-0.2, -0.15) is 9.40 Å². The molecule has 1 atom stereocenters. The van der Waals surface area contributed by atoms with Gasteiger partial charge in [-0.1, -0.05) is 0 Å². The number of H-pyrrole nitrogens is 1.